The van der Waals surface area contributed by atoms with Crippen LogP contribution in [0.1, 0.15) is 30.4 Å². The number of nitrogens with zero attached hydrogens (tertiary/aromatic N) is 1. The molecule has 0 N–H and O–H groups in total. The van der Waals surface area contributed by atoms with Crippen LogP contribution in [0.25, 0.3) is 0 Å². The van der Waals surface area contributed by atoms with Crippen molar-refractivity contribution in [1.29, 1.82) is 0 Å². The van der Waals surface area contributed by atoms with E-state index in [-0.39, 0.29) is 0 Å². The third-order valence-electron chi connectivity index (χ3n) is 4.26. The molecule has 0 radical (unpaired) electrons. The van der Waals surface area contributed by atoms with Crippen molar-refractivity contribution in [2.45, 2.75) is 36.8 Å². The molecule has 1 saturated heterocycles. The lowest BCUT2D eigenvalue weighted by molar-refractivity contribution is -0.141. The maximum atomic E-state index is 11.8. The molecule has 1 heterocycles. The van der Waals surface area contributed by atoms with Gasteiger partial charge in [0.1, 0.15) is 0 Å². The zero-order chi connectivity index (χ0) is 15.9. The van der Waals surface area contributed by atoms with Crippen molar-refractivity contribution in [2.75, 3.05) is 6.54 Å². The quantitative estimate of drug-likeness (QED) is 0.526. The van der Waals surface area contributed by atoms with Crippen LogP contribution in [-0.2, 0) is 17.0 Å². The van der Waals surface area contributed by atoms with Crippen LogP contribution in [0.5, 0.6) is 0 Å². The summed E-state index contributed by atoms with van der Waals surface area (Å²) < 4.78 is 0. The summed E-state index contributed by atoms with van der Waals surface area (Å²) in [4.78, 5) is 13.9. The Balaban J connectivity index is 1.37. The van der Waals surface area contributed by atoms with Gasteiger partial charge in [-0.2, -0.15) is 0 Å². The first kappa shape index (κ1) is 16.1. The molecule has 2 aromatic carbocycles. The topological polar surface area (TPSA) is 20.3 Å². The van der Waals surface area contributed by atoms with E-state index in [4.69, 9.17) is 0 Å². The molecule has 1 aliphatic rings. The van der Waals surface area contributed by atoms with Gasteiger partial charge in [-0.15, -0.1) is 11.8 Å². The zero-order valence-electron chi connectivity index (χ0n) is 13.4. The van der Waals surface area contributed by atoms with Gasteiger partial charge >= 0.3 is 0 Å². The van der Waals surface area contributed by atoms with Gasteiger partial charge in [-0.1, -0.05) is 60.7 Å². The molecule has 1 amide bonds. The maximum absolute atomic E-state index is 11.8. The van der Waals surface area contributed by atoms with E-state index in [2.05, 4.69) is 59.5 Å². The molecule has 0 aliphatic carbocycles. The van der Waals surface area contributed by atoms with Gasteiger partial charge in [0.2, 0.25) is 5.91 Å². The van der Waals surface area contributed by atoms with E-state index in [0.29, 0.717) is 17.7 Å². The Morgan fingerprint density at radius 1 is 0.913 bits per heavy atom. The van der Waals surface area contributed by atoms with Gasteiger partial charge in [-0.05, 0) is 30.4 Å². The summed E-state index contributed by atoms with van der Waals surface area (Å²) in [6, 6.07) is 21.1. The van der Waals surface area contributed by atoms with Crippen molar-refractivity contribution in [3.8, 4) is 0 Å². The molecule has 3 rings (SSSR count). The number of carbonyl (C=O) groups excluding carboxylic acids is 1. The number of likely N-dealkylation sites (tertiary alicyclic amines) is 1. The normalized spacial score (nSPS) is 17.1. The zero-order valence-corrected chi connectivity index (χ0v) is 14.2. The first-order chi connectivity index (χ1) is 11.3. The van der Waals surface area contributed by atoms with Crippen LogP contribution >= 0.6 is 11.8 Å². The molecule has 0 aromatic heterocycles. The molecule has 0 saturated carbocycles. The second-order valence-electron chi connectivity index (χ2n) is 5.99. The highest BCUT2D eigenvalue weighted by Crippen LogP contribution is 2.32. The lowest BCUT2D eigenvalue weighted by Crippen LogP contribution is -2.51. The highest BCUT2D eigenvalue weighted by molar-refractivity contribution is 7.99. The van der Waals surface area contributed by atoms with Crippen LogP contribution < -0.4 is 0 Å². The number of hydrogen-bond acceptors (Lipinski definition) is 2. The van der Waals surface area contributed by atoms with Crippen molar-refractivity contribution < 1.29 is 4.79 Å². The van der Waals surface area contributed by atoms with Crippen molar-refractivity contribution in [1.82, 2.24) is 4.90 Å². The summed E-state index contributed by atoms with van der Waals surface area (Å²) in [5.41, 5.74) is 2.72. The smallest absolute Gasteiger partial charge is 0.226 e. The number of thioether (sulfide) groups is 1. The summed E-state index contributed by atoms with van der Waals surface area (Å²) in [7, 11) is 0. The number of amides is 1. The summed E-state index contributed by atoms with van der Waals surface area (Å²) >= 11 is 1.89. The third-order valence-corrected chi connectivity index (χ3v) is 5.57. The van der Waals surface area contributed by atoms with Crippen LogP contribution in [0.3, 0.4) is 0 Å². The fourth-order valence-corrected chi connectivity index (χ4v) is 4.11. The summed E-state index contributed by atoms with van der Waals surface area (Å²) in [6.07, 6.45) is 4.04. The Hall–Kier alpha value is -1.74. The SMILES string of the molecule is O=C1CC(SCc2ccccc2)N1CCCCc1ccccc1. The van der Waals surface area contributed by atoms with Crippen molar-refractivity contribution in [2.24, 2.45) is 0 Å². The average molecular weight is 325 g/mol. The van der Waals surface area contributed by atoms with Gasteiger partial charge in [0.15, 0.2) is 0 Å². The largest absolute Gasteiger partial charge is 0.330 e. The predicted octanol–water partition coefficient (Wildman–Crippen LogP) is 4.50. The first-order valence-corrected chi connectivity index (χ1v) is 9.37. The Morgan fingerprint density at radius 3 is 2.22 bits per heavy atom. The Bertz CT molecular complexity index is 614. The van der Waals surface area contributed by atoms with Crippen LogP contribution in [-0.4, -0.2) is 22.7 Å². The van der Waals surface area contributed by atoms with E-state index in [9.17, 15) is 4.79 Å². The number of β-lactam (4-membered cyclic amide) rings is 1. The van der Waals surface area contributed by atoms with E-state index < -0.39 is 0 Å². The first-order valence-electron chi connectivity index (χ1n) is 8.32. The lowest BCUT2D eigenvalue weighted by Gasteiger charge is -2.40. The molecule has 3 heteroatoms. The second-order valence-corrected chi connectivity index (χ2v) is 7.15. The molecule has 2 aromatic rings. The number of rotatable bonds is 8. The number of unbranched alkanes of at least 4 members (excludes halogenated alkanes) is 1. The maximum Gasteiger partial charge on any atom is 0.226 e. The van der Waals surface area contributed by atoms with E-state index in [1.54, 1.807) is 0 Å². The summed E-state index contributed by atoms with van der Waals surface area (Å²) in [5, 5.41) is 0.374. The molecular weight excluding hydrogens is 302 g/mol. The molecule has 2 nitrogen and oxygen atoms in total. The van der Waals surface area contributed by atoms with E-state index in [1.165, 1.54) is 11.1 Å². The molecule has 0 bridgehead atoms. The monoisotopic (exact) mass is 325 g/mol. The minimum absolute atomic E-state index is 0.315. The van der Waals surface area contributed by atoms with Gasteiger partial charge in [-0.25, -0.2) is 0 Å². The molecule has 120 valence electrons. The van der Waals surface area contributed by atoms with Crippen molar-refractivity contribution in [3.63, 3.8) is 0 Å². The molecule has 1 fully saturated rings. The third kappa shape index (κ3) is 4.61. The van der Waals surface area contributed by atoms with Crippen LogP contribution in [0.4, 0.5) is 0 Å². The average Bonchev–Trinajstić information content (AvgIpc) is 2.60. The van der Waals surface area contributed by atoms with Crippen molar-refractivity contribution in [3.05, 3.63) is 71.8 Å². The van der Waals surface area contributed by atoms with Gasteiger partial charge < -0.3 is 4.90 Å². The van der Waals surface area contributed by atoms with Crippen molar-refractivity contribution >= 4 is 17.7 Å². The highest BCUT2D eigenvalue weighted by Gasteiger charge is 2.35. The summed E-state index contributed by atoms with van der Waals surface area (Å²) in [6.45, 7) is 0.901. The number of aryl methyl sites for hydroxylation is 1. The highest BCUT2D eigenvalue weighted by atomic mass is 32.2. The molecular formula is C20H23NOS. The van der Waals surface area contributed by atoms with Crippen LogP contribution in [0.15, 0.2) is 60.7 Å². The second kappa shape index (κ2) is 8.21. The minimum atomic E-state index is 0.315. The molecule has 1 aliphatic heterocycles. The van der Waals surface area contributed by atoms with E-state index in [0.717, 1.165) is 31.6 Å². The van der Waals surface area contributed by atoms with Gasteiger partial charge in [0.25, 0.3) is 0 Å². The molecule has 23 heavy (non-hydrogen) atoms. The van der Waals surface area contributed by atoms with E-state index in [1.807, 2.05) is 17.8 Å². The standard InChI is InChI=1S/C20H23NOS/c22-19-15-20(23-16-18-12-5-2-6-13-18)21(19)14-8-7-11-17-9-3-1-4-10-17/h1-6,9-10,12-13,20H,7-8,11,14-16H2. The van der Waals surface area contributed by atoms with Crippen LogP contribution in [0.2, 0.25) is 0 Å². The molecule has 1 atom stereocenters. The predicted molar refractivity (Wildman–Crippen MR) is 97.2 cm³/mol. The number of benzene rings is 2. The number of carbonyl (C=O) groups is 1. The molecule has 0 spiro atoms. The molecule has 1 unspecified atom stereocenters. The Morgan fingerprint density at radius 2 is 1.57 bits per heavy atom. The fraction of sp³-hybridized carbons (Fsp3) is 0.350. The van der Waals surface area contributed by atoms with Crippen LogP contribution in [0, 0.1) is 0 Å². The Kier molecular flexibility index (Phi) is 5.76. The van der Waals surface area contributed by atoms with E-state index >= 15 is 0 Å². The lowest BCUT2D eigenvalue weighted by atomic mass is 10.1. The Labute approximate surface area is 142 Å². The van der Waals surface area contributed by atoms with Gasteiger partial charge in [0.05, 0.1) is 11.8 Å². The fourth-order valence-electron chi connectivity index (χ4n) is 2.87. The minimum Gasteiger partial charge on any atom is -0.330 e. The summed E-state index contributed by atoms with van der Waals surface area (Å²) in [5.74, 6) is 1.30. The van der Waals surface area contributed by atoms with Gasteiger partial charge in [-0.3, -0.25) is 4.79 Å². The number of hydrogen-bond donors (Lipinski definition) is 0. The van der Waals surface area contributed by atoms with Gasteiger partial charge in [0, 0.05) is 12.3 Å².